The maximum Gasteiger partial charge on any atom is 0.218 e. The molecule has 14 heavy (non-hydrogen) atoms. The van der Waals surface area contributed by atoms with Gasteiger partial charge in [0, 0.05) is 12.5 Å². The molecule has 0 aromatic heterocycles. The molecule has 0 heterocycles. The Bertz CT molecular complexity index is 357. The molecule has 76 valence electrons. The van der Waals surface area contributed by atoms with Gasteiger partial charge in [0.1, 0.15) is 0 Å². The first kappa shape index (κ1) is 10.9. The highest BCUT2D eigenvalue weighted by Crippen LogP contribution is 2.50. The van der Waals surface area contributed by atoms with E-state index in [1.165, 1.54) is 18.1 Å². The Morgan fingerprint density at radius 3 is 2.21 bits per heavy atom. The van der Waals surface area contributed by atoms with Gasteiger partial charge in [-0.15, -0.1) is 0 Å². The number of methoxy groups -OCH3 is 2. The summed E-state index contributed by atoms with van der Waals surface area (Å²) in [7, 11) is 3.31. The van der Waals surface area contributed by atoms with Crippen LogP contribution in [-0.2, 0) is 4.79 Å². The average molecular weight is 215 g/mol. The zero-order valence-electron chi connectivity index (χ0n) is 8.26. The second kappa shape index (κ2) is 4.33. The van der Waals surface area contributed by atoms with Gasteiger partial charge in [-0.1, -0.05) is 0 Å². The molecule has 0 aliphatic heterocycles. The lowest BCUT2D eigenvalue weighted by Gasteiger charge is -2.00. The van der Waals surface area contributed by atoms with Crippen LogP contribution >= 0.6 is 11.6 Å². The summed E-state index contributed by atoms with van der Waals surface area (Å²) >= 11 is 4.64. The van der Waals surface area contributed by atoms with Crippen LogP contribution in [0.3, 0.4) is 0 Å². The van der Waals surface area contributed by atoms with Gasteiger partial charge in [-0.3, -0.25) is 4.79 Å². The molecular weight excluding hydrogens is 204 g/mol. The first-order chi connectivity index (χ1) is 6.60. The molecule has 2 aliphatic carbocycles. The van der Waals surface area contributed by atoms with Crippen molar-refractivity contribution in [3.05, 3.63) is 12.1 Å². The van der Waals surface area contributed by atoms with Crippen molar-refractivity contribution in [1.29, 1.82) is 0 Å². The predicted octanol–water partition coefficient (Wildman–Crippen LogP) is 2.46. The number of ether oxygens (including phenoxy) is 2. The van der Waals surface area contributed by atoms with E-state index in [0.717, 1.165) is 11.5 Å². The highest BCUT2D eigenvalue weighted by molar-refractivity contribution is 6.62. The summed E-state index contributed by atoms with van der Waals surface area (Å²) in [5.41, 5.74) is 2.44. The predicted molar refractivity (Wildman–Crippen MR) is 55.1 cm³/mol. The summed E-state index contributed by atoms with van der Waals surface area (Å²) in [6, 6.07) is 4.05. The van der Waals surface area contributed by atoms with Crippen molar-refractivity contribution in [2.24, 2.45) is 0 Å². The third kappa shape index (κ3) is 2.39. The minimum absolute atomic E-state index is 0.361. The van der Waals surface area contributed by atoms with E-state index in [1.807, 2.05) is 6.07 Å². The summed E-state index contributed by atoms with van der Waals surface area (Å²) in [4.78, 5) is 9.21. The van der Waals surface area contributed by atoms with Crippen LogP contribution in [0.25, 0.3) is 11.1 Å². The van der Waals surface area contributed by atoms with E-state index in [1.54, 1.807) is 14.2 Å². The molecule has 0 atom stereocenters. The molecule has 0 aromatic rings. The van der Waals surface area contributed by atoms with Gasteiger partial charge in [0.25, 0.3) is 0 Å². The lowest BCUT2D eigenvalue weighted by molar-refractivity contribution is -0.109. The molecule has 0 saturated heterocycles. The molecule has 0 amide bonds. The first-order valence-electron chi connectivity index (χ1n) is 4.02. The van der Waals surface area contributed by atoms with Gasteiger partial charge in [-0.05, 0) is 29.3 Å². The normalized spacial score (nSPS) is 9.71. The van der Waals surface area contributed by atoms with Crippen LogP contribution in [0, 0.1) is 0 Å². The molecule has 2 aliphatic rings. The van der Waals surface area contributed by atoms with Crippen molar-refractivity contribution >= 4 is 16.8 Å². The molecule has 4 heteroatoms. The van der Waals surface area contributed by atoms with Crippen molar-refractivity contribution in [3.8, 4) is 22.6 Å². The third-order valence-corrected chi connectivity index (χ3v) is 1.71. The Kier molecular flexibility index (Phi) is 3.36. The Labute approximate surface area is 87.6 Å². The standard InChI is InChI=1S/C8H8O2.C2H3ClO/c1-9-7-4-5-3-6(5)8(7)10-2;1-2(3)4/h3-4H,1-2H3;1H3. The molecule has 0 N–H and O–H groups in total. The molecule has 0 aromatic carbocycles. The summed E-state index contributed by atoms with van der Waals surface area (Å²) in [5.74, 6) is 1.72. The van der Waals surface area contributed by atoms with Crippen LogP contribution in [0.1, 0.15) is 6.92 Å². The summed E-state index contributed by atoms with van der Waals surface area (Å²) in [6.45, 7) is 1.29. The lowest BCUT2D eigenvalue weighted by atomic mass is 10.5. The number of benzene rings is 1. The average Bonchev–Trinajstić information content (AvgIpc) is 2.77. The molecular formula is C10H11ClO3. The highest BCUT2D eigenvalue weighted by atomic mass is 35.5. The van der Waals surface area contributed by atoms with E-state index < -0.39 is 0 Å². The van der Waals surface area contributed by atoms with Crippen LogP contribution < -0.4 is 9.47 Å². The van der Waals surface area contributed by atoms with Gasteiger partial charge in [0.05, 0.1) is 14.2 Å². The van der Waals surface area contributed by atoms with E-state index >= 15 is 0 Å². The topological polar surface area (TPSA) is 35.5 Å². The van der Waals surface area contributed by atoms with Crippen LogP contribution in [0.15, 0.2) is 12.1 Å². The minimum Gasteiger partial charge on any atom is -0.493 e. The highest BCUT2D eigenvalue weighted by Gasteiger charge is 2.23. The molecule has 0 saturated carbocycles. The van der Waals surface area contributed by atoms with Gasteiger partial charge in [-0.25, -0.2) is 0 Å². The van der Waals surface area contributed by atoms with E-state index in [4.69, 9.17) is 9.47 Å². The van der Waals surface area contributed by atoms with Crippen molar-refractivity contribution in [1.82, 2.24) is 0 Å². The van der Waals surface area contributed by atoms with Crippen molar-refractivity contribution in [3.63, 3.8) is 0 Å². The summed E-state index contributed by atoms with van der Waals surface area (Å²) in [5, 5.41) is -0.361. The zero-order chi connectivity index (χ0) is 10.7. The van der Waals surface area contributed by atoms with Crippen molar-refractivity contribution in [2.45, 2.75) is 6.92 Å². The largest absolute Gasteiger partial charge is 0.493 e. The number of rotatable bonds is 2. The van der Waals surface area contributed by atoms with Crippen LogP contribution in [0.2, 0.25) is 0 Å². The second-order valence-corrected chi connectivity index (χ2v) is 3.26. The molecule has 0 radical (unpaired) electrons. The zero-order valence-corrected chi connectivity index (χ0v) is 9.01. The van der Waals surface area contributed by atoms with Crippen LogP contribution in [0.4, 0.5) is 0 Å². The fourth-order valence-corrected chi connectivity index (χ4v) is 1.14. The van der Waals surface area contributed by atoms with Crippen LogP contribution in [0.5, 0.6) is 11.5 Å². The molecule has 0 spiro atoms. The van der Waals surface area contributed by atoms with Gasteiger partial charge in [0.15, 0.2) is 11.5 Å². The summed E-state index contributed by atoms with van der Waals surface area (Å²) < 4.78 is 10.2. The Balaban J connectivity index is 0.000000213. The number of hydrogen-bond acceptors (Lipinski definition) is 3. The SMILES string of the molecule is CC(=O)Cl.COc1cc2cc-2c1OC. The van der Waals surface area contributed by atoms with E-state index in [0.29, 0.717) is 0 Å². The minimum atomic E-state index is -0.361. The first-order valence-corrected chi connectivity index (χ1v) is 4.40. The maximum absolute atomic E-state index is 9.21. The molecule has 2 rings (SSSR count). The maximum atomic E-state index is 9.21. The number of hydrogen-bond donors (Lipinski definition) is 0. The third-order valence-electron chi connectivity index (χ3n) is 1.71. The molecule has 0 bridgehead atoms. The quantitative estimate of drug-likeness (QED) is 0.721. The van der Waals surface area contributed by atoms with Gasteiger partial charge in [-0.2, -0.15) is 0 Å². The molecule has 0 fully saturated rings. The number of carbonyl (C=O) groups excluding carboxylic acids is 1. The monoisotopic (exact) mass is 214 g/mol. The Morgan fingerprint density at radius 1 is 1.29 bits per heavy atom. The molecule has 3 nitrogen and oxygen atoms in total. The van der Waals surface area contributed by atoms with Gasteiger partial charge in [0.2, 0.25) is 5.24 Å². The lowest BCUT2D eigenvalue weighted by Crippen LogP contribution is -1.85. The number of halogens is 1. The number of carbonyl (C=O) groups is 1. The van der Waals surface area contributed by atoms with E-state index in [-0.39, 0.29) is 5.24 Å². The summed E-state index contributed by atoms with van der Waals surface area (Å²) in [6.07, 6.45) is 0. The fraction of sp³-hybridized carbons (Fsp3) is 0.300. The van der Waals surface area contributed by atoms with Crippen LogP contribution in [-0.4, -0.2) is 19.5 Å². The van der Waals surface area contributed by atoms with Crippen molar-refractivity contribution in [2.75, 3.05) is 14.2 Å². The Hall–Kier alpha value is -1.22. The van der Waals surface area contributed by atoms with E-state index in [2.05, 4.69) is 17.7 Å². The smallest absolute Gasteiger partial charge is 0.218 e. The van der Waals surface area contributed by atoms with Gasteiger partial charge < -0.3 is 9.47 Å². The second-order valence-electron chi connectivity index (χ2n) is 2.73. The Morgan fingerprint density at radius 2 is 1.86 bits per heavy atom. The van der Waals surface area contributed by atoms with Gasteiger partial charge >= 0.3 is 0 Å². The molecule has 0 unspecified atom stereocenters. The van der Waals surface area contributed by atoms with E-state index in [9.17, 15) is 4.79 Å². The number of fused-ring (bicyclic) bond motifs is 1. The van der Waals surface area contributed by atoms with Crippen molar-refractivity contribution < 1.29 is 14.3 Å². The fourth-order valence-electron chi connectivity index (χ4n) is 1.14.